The van der Waals surface area contributed by atoms with Gasteiger partial charge in [0.05, 0.1) is 13.2 Å². The third kappa shape index (κ3) is 16.4. The molecule has 0 saturated heterocycles. The summed E-state index contributed by atoms with van der Waals surface area (Å²) < 4.78 is 10.5. The molecule has 0 aromatic rings. The Labute approximate surface area is 184 Å². The molecule has 6 nitrogen and oxygen atoms in total. The molecule has 8 heteroatoms. The Balaban J connectivity index is -0.00000312. The van der Waals surface area contributed by atoms with Crippen molar-refractivity contribution in [2.75, 3.05) is 26.3 Å². The van der Waals surface area contributed by atoms with Crippen molar-refractivity contribution in [1.29, 1.82) is 0 Å². The van der Waals surface area contributed by atoms with Crippen LogP contribution in [0.3, 0.4) is 0 Å². The predicted molar refractivity (Wildman–Crippen MR) is 119 cm³/mol. The minimum atomic E-state index is -0.307. The topological polar surface area (TPSA) is 76.7 Å². The Morgan fingerprint density at radius 1 is 0.714 bits per heavy atom. The molecule has 0 saturated carbocycles. The van der Waals surface area contributed by atoms with Crippen LogP contribution in [0.4, 0.5) is 0 Å². The van der Waals surface area contributed by atoms with Crippen molar-refractivity contribution >= 4 is 36.8 Å². The SMILES string of the molecule is CCCOC(=O)[C@H](CC(C)C)NCCN[C@@H](CC(C)C)C(=O)OCCC.Cl.Cl. The largest absolute Gasteiger partial charge is 0.465 e. The van der Waals surface area contributed by atoms with Crippen molar-refractivity contribution in [2.24, 2.45) is 11.8 Å². The van der Waals surface area contributed by atoms with E-state index in [2.05, 4.69) is 38.3 Å². The molecule has 0 aromatic heterocycles. The van der Waals surface area contributed by atoms with E-state index in [0.29, 0.717) is 38.1 Å². The zero-order valence-corrected chi connectivity index (χ0v) is 20.0. The predicted octanol–water partition coefficient (Wildman–Crippen LogP) is 3.75. The number of nitrogens with one attached hydrogen (secondary N) is 2. The highest BCUT2D eigenvalue weighted by Crippen LogP contribution is 2.08. The summed E-state index contributed by atoms with van der Waals surface area (Å²) in [5, 5.41) is 6.52. The Morgan fingerprint density at radius 2 is 1.04 bits per heavy atom. The number of hydrogen-bond acceptors (Lipinski definition) is 6. The lowest BCUT2D eigenvalue weighted by Crippen LogP contribution is -2.46. The maximum absolute atomic E-state index is 12.2. The molecule has 170 valence electrons. The molecule has 0 aliphatic rings. The average Bonchev–Trinajstić information content (AvgIpc) is 2.58. The number of esters is 2. The molecule has 0 spiro atoms. The highest BCUT2D eigenvalue weighted by Gasteiger charge is 2.22. The smallest absolute Gasteiger partial charge is 0.323 e. The second kappa shape index (κ2) is 19.7. The van der Waals surface area contributed by atoms with E-state index in [4.69, 9.17) is 9.47 Å². The minimum absolute atomic E-state index is 0. The Hall–Kier alpha value is -0.560. The van der Waals surface area contributed by atoms with Crippen LogP contribution >= 0.6 is 24.8 Å². The maximum atomic E-state index is 12.2. The molecule has 28 heavy (non-hydrogen) atoms. The first kappa shape index (κ1) is 32.1. The monoisotopic (exact) mass is 444 g/mol. The summed E-state index contributed by atoms with van der Waals surface area (Å²) in [6, 6.07) is -0.613. The lowest BCUT2D eigenvalue weighted by atomic mass is 10.0. The van der Waals surface area contributed by atoms with E-state index in [1.54, 1.807) is 0 Å². The highest BCUT2D eigenvalue weighted by molar-refractivity contribution is 5.85. The minimum Gasteiger partial charge on any atom is -0.465 e. The second-order valence-corrected chi connectivity index (χ2v) is 7.61. The molecule has 2 atom stereocenters. The molecular formula is C20H42Cl2N2O4. The summed E-state index contributed by atoms with van der Waals surface area (Å²) >= 11 is 0. The normalized spacial score (nSPS) is 12.7. The number of rotatable bonds is 15. The summed E-state index contributed by atoms with van der Waals surface area (Å²) in [6.07, 6.45) is 3.10. The Morgan fingerprint density at radius 3 is 1.29 bits per heavy atom. The van der Waals surface area contributed by atoms with Crippen LogP contribution in [0.2, 0.25) is 0 Å². The zero-order chi connectivity index (χ0) is 19.9. The molecule has 0 aliphatic heterocycles. The highest BCUT2D eigenvalue weighted by atomic mass is 35.5. The van der Waals surface area contributed by atoms with Crippen molar-refractivity contribution in [3.63, 3.8) is 0 Å². The molecule has 2 N–H and O–H groups in total. The van der Waals surface area contributed by atoms with Gasteiger partial charge in [-0.3, -0.25) is 9.59 Å². The average molecular weight is 445 g/mol. The molecule has 0 unspecified atom stereocenters. The van der Waals surface area contributed by atoms with E-state index in [1.165, 1.54) is 0 Å². The maximum Gasteiger partial charge on any atom is 0.323 e. The van der Waals surface area contributed by atoms with Crippen LogP contribution in [0.25, 0.3) is 0 Å². The fourth-order valence-corrected chi connectivity index (χ4v) is 2.57. The fraction of sp³-hybridized carbons (Fsp3) is 0.900. The van der Waals surface area contributed by atoms with Gasteiger partial charge in [-0.15, -0.1) is 24.8 Å². The molecule has 0 radical (unpaired) electrons. The van der Waals surface area contributed by atoms with Crippen molar-refractivity contribution in [2.45, 2.75) is 79.3 Å². The van der Waals surface area contributed by atoms with Crippen LogP contribution in [0.15, 0.2) is 0 Å². The van der Waals surface area contributed by atoms with Crippen LogP contribution in [0.1, 0.15) is 67.2 Å². The van der Waals surface area contributed by atoms with Crippen LogP contribution in [-0.4, -0.2) is 50.3 Å². The lowest BCUT2D eigenvalue weighted by molar-refractivity contribution is -0.147. The third-order valence-corrected chi connectivity index (χ3v) is 3.79. The van der Waals surface area contributed by atoms with Gasteiger partial charge < -0.3 is 20.1 Å². The molecule has 0 amide bonds. The first-order valence-electron chi connectivity index (χ1n) is 10.1. The van der Waals surface area contributed by atoms with Gasteiger partial charge in [0.25, 0.3) is 0 Å². The van der Waals surface area contributed by atoms with Crippen molar-refractivity contribution in [3.8, 4) is 0 Å². The van der Waals surface area contributed by atoms with E-state index in [0.717, 1.165) is 25.7 Å². The molecule has 0 fully saturated rings. The Kier molecular flexibility index (Phi) is 22.6. The summed E-state index contributed by atoms with van der Waals surface area (Å²) in [5.41, 5.74) is 0. The van der Waals surface area contributed by atoms with Gasteiger partial charge in [0.2, 0.25) is 0 Å². The molecule has 0 bridgehead atoms. The molecule has 0 heterocycles. The van der Waals surface area contributed by atoms with Crippen molar-refractivity contribution in [1.82, 2.24) is 10.6 Å². The van der Waals surface area contributed by atoms with Gasteiger partial charge in [0, 0.05) is 13.1 Å². The first-order chi connectivity index (χ1) is 12.3. The van der Waals surface area contributed by atoms with Gasteiger partial charge in [-0.25, -0.2) is 0 Å². The van der Waals surface area contributed by atoms with Crippen LogP contribution in [0, 0.1) is 11.8 Å². The second-order valence-electron chi connectivity index (χ2n) is 7.61. The summed E-state index contributed by atoms with van der Waals surface area (Å²) in [4.78, 5) is 24.3. The summed E-state index contributed by atoms with van der Waals surface area (Å²) in [6.45, 7) is 14.4. The van der Waals surface area contributed by atoms with Gasteiger partial charge in [0.1, 0.15) is 12.1 Å². The van der Waals surface area contributed by atoms with E-state index < -0.39 is 0 Å². The van der Waals surface area contributed by atoms with Crippen LogP contribution < -0.4 is 10.6 Å². The van der Waals surface area contributed by atoms with Crippen molar-refractivity contribution < 1.29 is 19.1 Å². The lowest BCUT2D eigenvalue weighted by Gasteiger charge is -2.22. The van der Waals surface area contributed by atoms with Crippen LogP contribution in [-0.2, 0) is 19.1 Å². The summed E-state index contributed by atoms with van der Waals surface area (Å²) in [7, 11) is 0. The number of halogens is 2. The number of hydrogen-bond donors (Lipinski definition) is 2. The Bertz CT molecular complexity index is 360. The fourth-order valence-electron chi connectivity index (χ4n) is 2.57. The van der Waals surface area contributed by atoms with Gasteiger partial charge >= 0.3 is 11.9 Å². The van der Waals surface area contributed by atoms with Crippen LogP contribution in [0.5, 0.6) is 0 Å². The molecule has 0 aliphatic carbocycles. The van der Waals surface area contributed by atoms with Gasteiger partial charge in [-0.05, 0) is 37.5 Å². The molecule has 0 rings (SSSR count). The standard InChI is InChI=1S/C20H40N2O4.2ClH/c1-7-11-25-19(23)17(13-15(3)4)21-9-10-22-18(14-16(5)6)20(24)26-12-8-2;;/h15-18,21-22H,7-14H2,1-6H3;2*1H/t17-,18-;;/m0../s1. The summed E-state index contributed by atoms with van der Waals surface area (Å²) in [5.74, 6) is 0.406. The first-order valence-corrected chi connectivity index (χ1v) is 10.1. The number of carbonyl (C=O) groups is 2. The van der Waals surface area contributed by atoms with Gasteiger partial charge in [0.15, 0.2) is 0 Å². The quantitative estimate of drug-likeness (QED) is 0.295. The van der Waals surface area contributed by atoms with Gasteiger partial charge in [-0.1, -0.05) is 41.5 Å². The van der Waals surface area contributed by atoms with E-state index in [-0.39, 0.29) is 48.8 Å². The van der Waals surface area contributed by atoms with E-state index in [1.807, 2.05) is 13.8 Å². The van der Waals surface area contributed by atoms with E-state index >= 15 is 0 Å². The number of carbonyl (C=O) groups excluding carboxylic acids is 2. The zero-order valence-electron chi connectivity index (χ0n) is 18.4. The number of ether oxygens (including phenoxy) is 2. The van der Waals surface area contributed by atoms with Gasteiger partial charge in [-0.2, -0.15) is 0 Å². The van der Waals surface area contributed by atoms with E-state index in [9.17, 15) is 9.59 Å². The third-order valence-electron chi connectivity index (χ3n) is 3.79. The molecular weight excluding hydrogens is 403 g/mol. The van der Waals surface area contributed by atoms with Crippen molar-refractivity contribution in [3.05, 3.63) is 0 Å². The molecule has 0 aromatic carbocycles.